The van der Waals surface area contributed by atoms with Crippen molar-refractivity contribution in [3.8, 4) is 0 Å². The first-order chi connectivity index (χ1) is 10.2. The van der Waals surface area contributed by atoms with Crippen molar-refractivity contribution in [3.05, 3.63) is 0 Å². The first-order valence-electron chi connectivity index (χ1n) is 8.41. The summed E-state index contributed by atoms with van der Waals surface area (Å²) in [6.45, 7) is 9.85. The van der Waals surface area contributed by atoms with Crippen LogP contribution in [-0.2, 0) is 19.0 Å². The third-order valence-electron chi connectivity index (χ3n) is 4.90. The summed E-state index contributed by atoms with van der Waals surface area (Å²) in [7, 11) is 0. The molecule has 1 unspecified atom stereocenters. The average molecular weight is 314 g/mol. The van der Waals surface area contributed by atoms with Gasteiger partial charge in [0.2, 0.25) is 5.79 Å². The predicted octanol–water partition coefficient (Wildman–Crippen LogP) is 2.50. The van der Waals surface area contributed by atoms with E-state index in [1.165, 1.54) is 6.92 Å². The van der Waals surface area contributed by atoms with E-state index in [1.807, 2.05) is 20.8 Å². The summed E-state index contributed by atoms with van der Waals surface area (Å²) in [6.07, 6.45) is 1.84. The summed E-state index contributed by atoms with van der Waals surface area (Å²) in [5, 5.41) is 10.9. The van der Waals surface area contributed by atoms with E-state index in [0.29, 0.717) is 5.92 Å². The molecular formula is C17H30O5. The zero-order valence-electron chi connectivity index (χ0n) is 14.4. The van der Waals surface area contributed by atoms with Crippen LogP contribution in [0.2, 0.25) is 0 Å². The van der Waals surface area contributed by atoms with Gasteiger partial charge in [-0.05, 0) is 44.9 Å². The minimum absolute atomic E-state index is 0.0128. The van der Waals surface area contributed by atoms with Gasteiger partial charge in [-0.1, -0.05) is 13.8 Å². The molecule has 2 fully saturated rings. The zero-order chi connectivity index (χ0) is 16.5. The molecule has 0 amide bonds. The number of aliphatic hydroxyl groups is 1. The van der Waals surface area contributed by atoms with Gasteiger partial charge in [0.1, 0.15) is 6.10 Å². The van der Waals surface area contributed by atoms with Gasteiger partial charge in [0.15, 0.2) is 0 Å². The Morgan fingerprint density at radius 2 is 1.73 bits per heavy atom. The Morgan fingerprint density at radius 3 is 2.27 bits per heavy atom. The molecule has 1 aliphatic carbocycles. The number of ether oxygens (including phenoxy) is 3. The minimum Gasteiger partial charge on any atom is -0.465 e. The Balaban J connectivity index is 2.33. The number of aliphatic hydroxyl groups excluding tert-OH is 1. The van der Waals surface area contributed by atoms with Gasteiger partial charge in [-0.15, -0.1) is 0 Å². The summed E-state index contributed by atoms with van der Waals surface area (Å²) in [4.78, 5) is 11.2. The SMILES string of the molecule is CC(=O)OC[C@H]1C[C@@H](C)C[C@@H](C)[C@@H](O)C12O[C@H](C)C[C@H](C)O2. The monoisotopic (exact) mass is 314 g/mol. The molecule has 0 aromatic rings. The summed E-state index contributed by atoms with van der Waals surface area (Å²) < 4.78 is 17.6. The minimum atomic E-state index is -1.07. The molecule has 0 aromatic heterocycles. The van der Waals surface area contributed by atoms with Crippen molar-refractivity contribution in [3.63, 3.8) is 0 Å². The van der Waals surface area contributed by atoms with E-state index in [4.69, 9.17) is 14.2 Å². The Hall–Kier alpha value is -0.650. The van der Waals surface area contributed by atoms with Crippen molar-refractivity contribution in [1.29, 1.82) is 0 Å². The molecule has 0 aromatic carbocycles. The molecule has 1 saturated carbocycles. The van der Waals surface area contributed by atoms with E-state index in [9.17, 15) is 9.90 Å². The second kappa shape index (κ2) is 6.85. The Labute approximate surface area is 133 Å². The van der Waals surface area contributed by atoms with Crippen LogP contribution < -0.4 is 0 Å². The van der Waals surface area contributed by atoms with Crippen molar-refractivity contribution in [2.45, 2.75) is 78.0 Å². The highest BCUT2D eigenvalue weighted by Gasteiger charge is 2.55. The van der Waals surface area contributed by atoms with Gasteiger partial charge in [0, 0.05) is 6.92 Å². The first-order valence-corrected chi connectivity index (χ1v) is 8.41. The summed E-state index contributed by atoms with van der Waals surface area (Å²) in [5.74, 6) is -1.04. The molecule has 2 aliphatic rings. The molecule has 5 heteroatoms. The van der Waals surface area contributed by atoms with E-state index in [1.54, 1.807) is 0 Å². The molecule has 2 rings (SSSR count). The molecule has 5 nitrogen and oxygen atoms in total. The van der Waals surface area contributed by atoms with Gasteiger partial charge < -0.3 is 19.3 Å². The molecule has 22 heavy (non-hydrogen) atoms. The molecule has 0 radical (unpaired) electrons. The van der Waals surface area contributed by atoms with Gasteiger partial charge >= 0.3 is 5.97 Å². The van der Waals surface area contributed by atoms with Crippen molar-refractivity contribution >= 4 is 5.97 Å². The molecule has 1 heterocycles. The van der Waals surface area contributed by atoms with Gasteiger partial charge in [-0.25, -0.2) is 0 Å². The van der Waals surface area contributed by atoms with Crippen LogP contribution in [0.1, 0.15) is 53.9 Å². The van der Waals surface area contributed by atoms with Crippen LogP contribution in [-0.4, -0.2) is 41.8 Å². The smallest absolute Gasteiger partial charge is 0.302 e. The fraction of sp³-hybridized carbons (Fsp3) is 0.941. The topological polar surface area (TPSA) is 65.0 Å². The predicted molar refractivity (Wildman–Crippen MR) is 82.1 cm³/mol. The van der Waals surface area contributed by atoms with Crippen molar-refractivity contribution in [2.75, 3.05) is 6.61 Å². The van der Waals surface area contributed by atoms with Crippen LogP contribution in [0.3, 0.4) is 0 Å². The molecule has 7 atom stereocenters. The molecule has 1 saturated heterocycles. The maximum absolute atomic E-state index is 11.2. The van der Waals surface area contributed by atoms with E-state index in [2.05, 4.69) is 6.92 Å². The highest BCUT2D eigenvalue weighted by atomic mass is 16.7. The standard InChI is InChI=1S/C17H30O5/c1-10-6-11(2)16(19)17(15(7-10)9-20-14(5)18)21-12(3)8-13(4)22-17/h10-13,15-16,19H,6-9H2,1-5H3/t10-,11+,12-,13+,15+,16+,17?/m0/s1. The number of carbonyl (C=O) groups is 1. The lowest BCUT2D eigenvalue weighted by atomic mass is 9.86. The molecule has 128 valence electrons. The molecule has 1 N–H and O–H groups in total. The van der Waals surface area contributed by atoms with Crippen LogP contribution in [0.5, 0.6) is 0 Å². The fourth-order valence-corrected chi connectivity index (χ4v) is 4.10. The van der Waals surface area contributed by atoms with E-state index >= 15 is 0 Å². The van der Waals surface area contributed by atoms with Crippen LogP contribution in [0.25, 0.3) is 0 Å². The quantitative estimate of drug-likeness (QED) is 0.793. The summed E-state index contributed by atoms with van der Waals surface area (Å²) in [5.41, 5.74) is 0. The number of hydrogen-bond acceptors (Lipinski definition) is 5. The van der Waals surface area contributed by atoms with E-state index in [0.717, 1.165) is 19.3 Å². The van der Waals surface area contributed by atoms with Crippen molar-refractivity contribution < 1.29 is 24.1 Å². The Bertz CT molecular complexity index is 387. The first kappa shape index (κ1) is 17.7. The number of rotatable bonds is 2. The van der Waals surface area contributed by atoms with E-state index in [-0.39, 0.29) is 36.6 Å². The second-order valence-corrected chi connectivity index (χ2v) is 7.31. The largest absolute Gasteiger partial charge is 0.465 e. The number of carbonyl (C=O) groups excluding carboxylic acids is 1. The van der Waals surface area contributed by atoms with Crippen LogP contribution in [0, 0.1) is 17.8 Å². The second-order valence-electron chi connectivity index (χ2n) is 7.31. The molecule has 1 spiro atoms. The molecular weight excluding hydrogens is 284 g/mol. The van der Waals surface area contributed by atoms with Gasteiger partial charge in [0.25, 0.3) is 0 Å². The lowest BCUT2D eigenvalue weighted by Gasteiger charge is -2.49. The highest BCUT2D eigenvalue weighted by molar-refractivity contribution is 5.65. The van der Waals surface area contributed by atoms with Gasteiger partial charge in [-0.3, -0.25) is 4.79 Å². The lowest BCUT2D eigenvalue weighted by Crippen LogP contribution is -2.61. The summed E-state index contributed by atoms with van der Waals surface area (Å²) >= 11 is 0. The van der Waals surface area contributed by atoms with Gasteiger partial charge in [0.05, 0.1) is 24.7 Å². The molecule has 1 aliphatic heterocycles. The van der Waals surface area contributed by atoms with Crippen LogP contribution >= 0.6 is 0 Å². The zero-order valence-corrected chi connectivity index (χ0v) is 14.4. The molecule has 0 bridgehead atoms. The Morgan fingerprint density at radius 1 is 1.14 bits per heavy atom. The highest BCUT2D eigenvalue weighted by Crippen LogP contribution is 2.45. The summed E-state index contributed by atoms with van der Waals surface area (Å²) in [6, 6.07) is 0. The van der Waals surface area contributed by atoms with Crippen molar-refractivity contribution in [1.82, 2.24) is 0 Å². The third-order valence-corrected chi connectivity index (χ3v) is 4.90. The third kappa shape index (κ3) is 3.63. The van der Waals surface area contributed by atoms with Crippen LogP contribution in [0.4, 0.5) is 0 Å². The number of esters is 1. The lowest BCUT2D eigenvalue weighted by molar-refractivity contribution is -0.373. The number of hydrogen-bond donors (Lipinski definition) is 1. The average Bonchev–Trinajstić information content (AvgIpc) is 2.47. The maximum Gasteiger partial charge on any atom is 0.302 e. The van der Waals surface area contributed by atoms with Gasteiger partial charge in [-0.2, -0.15) is 0 Å². The van der Waals surface area contributed by atoms with Crippen molar-refractivity contribution in [2.24, 2.45) is 17.8 Å². The Kier molecular flexibility index (Phi) is 5.51. The van der Waals surface area contributed by atoms with E-state index < -0.39 is 11.9 Å². The van der Waals surface area contributed by atoms with Crippen LogP contribution in [0.15, 0.2) is 0 Å². The maximum atomic E-state index is 11.2. The fourth-order valence-electron chi connectivity index (χ4n) is 4.10. The normalized spacial score (nSPS) is 46.3.